The van der Waals surface area contributed by atoms with Gasteiger partial charge in [-0.05, 0) is 37.0 Å². The summed E-state index contributed by atoms with van der Waals surface area (Å²) < 4.78 is 0. The quantitative estimate of drug-likeness (QED) is 0.865. The SMILES string of the molecule is CCC1C[C@H](C(=O)N2CC(C)CC(C)C2)[C@H](C(=O)O)C1. The van der Waals surface area contributed by atoms with Crippen LogP contribution in [0.4, 0.5) is 0 Å². The molecule has 114 valence electrons. The second-order valence-electron chi connectivity index (χ2n) is 6.99. The summed E-state index contributed by atoms with van der Waals surface area (Å²) in [5.74, 6) is -0.0347. The van der Waals surface area contributed by atoms with E-state index in [1.54, 1.807) is 0 Å². The van der Waals surface area contributed by atoms with Gasteiger partial charge in [0.05, 0.1) is 11.8 Å². The molecule has 0 aromatic heterocycles. The van der Waals surface area contributed by atoms with Gasteiger partial charge in [-0.25, -0.2) is 0 Å². The molecule has 1 saturated heterocycles. The predicted octanol–water partition coefficient (Wildman–Crippen LogP) is 2.63. The first kappa shape index (κ1) is 15.3. The molecule has 4 nitrogen and oxygen atoms in total. The molecule has 1 amide bonds. The third-order valence-corrected chi connectivity index (χ3v) is 5.05. The van der Waals surface area contributed by atoms with Gasteiger partial charge in [0, 0.05) is 13.1 Å². The number of piperidine rings is 1. The van der Waals surface area contributed by atoms with Gasteiger partial charge >= 0.3 is 5.97 Å². The third kappa shape index (κ3) is 3.15. The summed E-state index contributed by atoms with van der Waals surface area (Å²) in [6.07, 6.45) is 3.56. The van der Waals surface area contributed by atoms with E-state index in [0.29, 0.717) is 24.2 Å². The summed E-state index contributed by atoms with van der Waals surface area (Å²) >= 11 is 0. The summed E-state index contributed by atoms with van der Waals surface area (Å²) in [7, 11) is 0. The van der Waals surface area contributed by atoms with Crippen LogP contribution in [-0.4, -0.2) is 35.0 Å². The maximum atomic E-state index is 12.7. The van der Waals surface area contributed by atoms with Crippen molar-refractivity contribution in [3.05, 3.63) is 0 Å². The van der Waals surface area contributed by atoms with Gasteiger partial charge < -0.3 is 10.0 Å². The van der Waals surface area contributed by atoms with Crippen molar-refractivity contribution in [3.8, 4) is 0 Å². The van der Waals surface area contributed by atoms with Gasteiger partial charge in [-0.2, -0.15) is 0 Å². The molecule has 0 aromatic rings. The average molecular weight is 281 g/mol. The van der Waals surface area contributed by atoms with Crippen molar-refractivity contribution in [2.45, 2.75) is 46.5 Å². The van der Waals surface area contributed by atoms with Gasteiger partial charge in [0.2, 0.25) is 5.91 Å². The number of likely N-dealkylation sites (tertiary alicyclic amines) is 1. The number of hydrogen-bond acceptors (Lipinski definition) is 2. The molecule has 2 fully saturated rings. The molecule has 4 heteroatoms. The number of amides is 1. The number of hydrogen-bond donors (Lipinski definition) is 1. The van der Waals surface area contributed by atoms with Crippen LogP contribution in [0.25, 0.3) is 0 Å². The van der Waals surface area contributed by atoms with Crippen molar-refractivity contribution in [3.63, 3.8) is 0 Å². The molecule has 0 radical (unpaired) electrons. The highest BCUT2D eigenvalue weighted by atomic mass is 16.4. The molecule has 1 saturated carbocycles. The summed E-state index contributed by atoms with van der Waals surface area (Å²) in [5.41, 5.74) is 0. The van der Waals surface area contributed by atoms with Gasteiger partial charge in [0.1, 0.15) is 0 Å². The Morgan fingerprint density at radius 2 is 1.60 bits per heavy atom. The molecule has 0 aromatic carbocycles. The first-order valence-electron chi connectivity index (χ1n) is 7.93. The Hall–Kier alpha value is -1.06. The molecule has 0 spiro atoms. The van der Waals surface area contributed by atoms with E-state index in [9.17, 15) is 14.7 Å². The van der Waals surface area contributed by atoms with E-state index >= 15 is 0 Å². The lowest BCUT2D eigenvalue weighted by molar-refractivity contribution is -0.150. The van der Waals surface area contributed by atoms with Crippen LogP contribution in [0.1, 0.15) is 46.5 Å². The molecule has 2 rings (SSSR count). The number of carboxylic acid groups (broad SMARTS) is 1. The number of rotatable bonds is 3. The molecular weight excluding hydrogens is 254 g/mol. The van der Waals surface area contributed by atoms with Crippen molar-refractivity contribution in [1.29, 1.82) is 0 Å². The van der Waals surface area contributed by atoms with Gasteiger partial charge in [-0.1, -0.05) is 27.2 Å². The van der Waals surface area contributed by atoms with E-state index < -0.39 is 11.9 Å². The lowest BCUT2D eigenvalue weighted by Crippen LogP contribution is -2.46. The third-order valence-electron chi connectivity index (χ3n) is 5.05. The van der Waals surface area contributed by atoms with Crippen molar-refractivity contribution < 1.29 is 14.7 Å². The molecule has 2 aliphatic rings. The number of aliphatic carboxylic acids is 1. The number of carboxylic acids is 1. The second-order valence-corrected chi connectivity index (χ2v) is 6.99. The molecule has 20 heavy (non-hydrogen) atoms. The van der Waals surface area contributed by atoms with E-state index in [1.807, 2.05) is 4.90 Å². The maximum absolute atomic E-state index is 12.7. The minimum atomic E-state index is -0.794. The smallest absolute Gasteiger partial charge is 0.307 e. The molecular formula is C16H27NO3. The standard InChI is InChI=1S/C16H27NO3/c1-4-12-6-13(14(7-12)16(19)20)15(18)17-8-10(2)5-11(3)9-17/h10-14H,4-9H2,1-3H3,(H,19,20)/t10?,11?,12?,13-,14+/m0/s1. The average Bonchev–Trinajstić information content (AvgIpc) is 2.81. The molecule has 1 aliphatic carbocycles. The van der Waals surface area contributed by atoms with Crippen molar-refractivity contribution in [2.24, 2.45) is 29.6 Å². The fourth-order valence-electron chi connectivity index (χ4n) is 4.10. The first-order chi connectivity index (χ1) is 9.42. The van der Waals surface area contributed by atoms with Crippen LogP contribution in [0.5, 0.6) is 0 Å². The van der Waals surface area contributed by atoms with Crippen LogP contribution in [0.2, 0.25) is 0 Å². The summed E-state index contributed by atoms with van der Waals surface area (Å²) in [4.78, 5) is 26.1. The Morgan fingerprint density at radius 1 is 1.05 bits per heavy atom. The summed E-state index contributed by atoms with van der Waals surface area (Å²) in [6, 6.07) is 0. The van der Waals surface area contributed by atoms with Crippen LogP contribution >= 0.6 is 0 Å². The van der Waals surface area contributed by atoms with Crippen LogP contribution < -0.4 is 0 Å². The minimum Gasteiger partial charge on any atom is -0.481 e. The molecule has 3 unspecified atom stereocenters. The van der Waals surface area contributed by atoms with Crippen molar-refractivity contribution in [1.82, 2.24) is 4.90 Å². The van der Waals surface area contributed by atoms with Gasteiger partial charge in [-0.3, -0.25) is 9.59 Å². The maximum Gasteiger partial charge on any atom is 0.307 e. The normalized spacial score (nSPS) is 38.0. The summed E-state index contributed by atoms with van der Waals surface area (Å²) in [6.45, 7) is 8.02. The Balaban J connectivity index is 2.08. The van der Waals surface area contributed by atoms with Crippen LogP contribution in [0, 0.1) is 29.6 Å². The highest BCUT2D eigenvalue weighted by Crippen LogP contribution is 2.40. The fraction of sp³-hybridized carbons (Fsp3) is 0.875. The van der Waals surface area contributed by atoms with Gasteiger partial charge in [0.25, 0.3) is 0 Å². The zero-order chi connectivity index (χ0) is 14.9. The van der Waals surface area contributed by atoms with Crippen LogP contribution in [-0.2, 0) is 9.59 Å². The van der Waals surface area contributed by atoms with Gasteiger partial charge in [0.15, 0.2) is 0 Å². The summed E-state index contributed by atoms with van der Waals surface area (Å²) in [5, 5.41) is 9.38. The minimum absolute atomic E-state index is 0.0896. The predicted molar refractivity (Wildman–Crippen MR) is 77.2 cm³/mol. The first-order valence-corrected chi connectivity index (χ1v) is 7.93. The lowest BCUT2D eigenvalue weighted by Gasteiger charge is -2.37. The highest BCUT2D eigenvalue weighted by Gasteiger charge is 2.44. The Labute approximate surface area is 121 Å². The van der Waals surface area contributed by atoms with Crippen molar-refractivity contribution in [2.75, 3.05) is 13.1 Å². The fourth-order valence-corrected chi connectivity index (χ4v) is 4.10. The van der Waals surface area contributed by atoms with E-state index in [4.69, 9.17) is 0 Å². The molecule has 5 atom stereocenters. The van der Waals surface area contributed by atoms with Crippen LogP contribution in [0.3, 0.4) is 0 Å². The monoisotopic (exact) mass is 281 g/mol. The number of carbonyl (C=O) groups excluding carboxylic acids is 1. The Kier molecular flexibility index (Phi) is 4.71. The largest absolute Gasteiger partial charge is 0.481 e. The van der Waals surface area contributed by atoms with Crippen molar-refractivity contribution >= 4 is 11.9 Å². The second kappa shape index (κ2) is 6.15. The number of nitrogens with zero attached hydrogens (tertiary/aromatic N) is 1. The molecule has 0 bridgehead atoms. The van der Waals surface area contributed by atoms with E-state index in [-0.39, 0.29) is 11.8 Å². The lowest BCUT2D eigenvalue weighted by atomic mass is 9.89. The zero-order valence-corrected chi connectivity index (χ0v) is 12.8. The van der Waals surface area contributed by atoms with E-state index in [2.05, 4.69) is 20.8 Å². The van der Waals surface area contributed by atoms with E-state index in [1.165, 1.54) is 0 Å². The number of carbonyl (C=O) groups is 2. The zero-order valence-electron chi connectivity index (χ0n) is 12.8. The van der Waals surface area contributed by atoms with Crippen LogP contribution in [0.15, 0.2) is 0 Å². The topological polar surface area (TPSA) is 57.6 Å². The molecule has 1 N–H and O–H groups in total. The Bertz CT molecular complexity index is 372. The molecule has 1 aliphatic heterocycles. The van der Waals surface area contributed by atoms with E-state index in [0.717, 1.165) is 32.4 Å². The molecule has 1 heterocycles. The highest BCUT2D eigenvalue weighted by molar-refractivity contribution is 5.85. The Morgan fingerprint density at radius 3 is 2.10 bits per heavy atom. The van der Waals surface area contributed by atoms with Gasteiger partial charge in [-0.15, -0.1) is 0 Å².